The summed E-state index contributed by atoms with van der Waals surface area (Å²) in [6.07, 6.45) is 5.14. The average molecular weight is 226 g/mol. The number of rotatable bonds is 9. The van der Waals surface area contributed by atoms with Crippen molar-refractivity contribution >= 4 is 20.4 Å². The molecule has 0 rings (SSSR count). The van der Waals surface area contributed by atoms with E-state index in [0.717, 1.165) is 11.5 Å². The monoisotopic (exact) mass is 226 g/mol. The van der Waals surface area contributed by atoms with E-state index in [1.54, 1.807) is 0 Å². The molecule has 3 nitrogen and oxygen atoms in total. The summed E-state index contributed by atoms with van der Waals surface area (Å²) in [7, 11) is -2.14. The van der Waals surface area contributed by atoms with E-state index in [9.17, 15) is 0 Å². The molecule has 0 aliphatic heterocycles. The quantitative estimate of drug-likeness (QED) is 0.468. The van der Waals surface area contributed by atoms with Crippen LogP contribution in [0, 0.1) is 0 Å². The van der Waals surface area contributed by atoms with Crippen molar-refractivity contribution in [1.82, 2.24) is 0 Å². The van der Waals surface area contributed by atoms with Gasteiger partial charge in [0.05, 0.1) is 6.61 Å². The van der Waals surface area contributed by atoms with Crippen LogP contribution in [0.3, 0.4) is 0 Å². The first-order valence-corrected chi connectivity index (χ1v) is 6.98. The molecule has 0 aromatic heterocycles. The third-order valence-corrected chi connectivity index (χ3v) is 3.02. The summed E-state index contributed by atoms with van der Waals surface area (Å²) in [6, 6.07) is 0. The van der Waals surface area contributed by atoms with Crippen LogP contribution in [0.25, 0.3) is 0 Å². The normalized spacial score (nSPS) is 11.1. The number of hydrogen-bond acceptors (Lipinski definition) is 4. The largest absolute Gasteiger partial charge is 0.328 e. The maximum atomic E-state index is 8.41. The van der Waals surface area contributed by atoms with E-state index >= 15 is 0 Å². The lowest BCUT2D eigenvalue weighted by Crippen LogP contribution is -1.93. The van der Waals surface area contributed by atoms with E-state index in [1.165, 1.54) is 25.7 Å². The van der Waals surface area contributed by atoms with Crippen LogP contribution in [0.1, 0.15) is 32.6 Å². The van der Waals surface area contributed by atoms with Gasteiger partial charge in [0, 0.05) is 5.75 Å². The van der Waals surface area contributed by atoms with Crippen LogP contribution in [0.4, 0.5) is 0 Å². The summed E-state index contributed by atoms with van der Waals surface area (Å²) >= 11 is 1.81. The molecular formula is C8H19O3PS. The molecule has 0 atom stereocenters. The fourth-order valence-corrected chi connectivity index (χ4v) is 2.10. The molecule has 0 aromatic rings. The van der Waals surface area contributed by atoms with Gasteiger partial charge in [-0.05, 0) is 12.2 Å². The fourth-order valence-electron chi connectivity index (χ4n) is 0.911. The van der Waals surface area contributed by atoms with Gasteiger partial charge >= 0.3 is 8.60 Å². The van der Waals surface area contributed by atoms with Crippen molar-refractivity contribution < 1.29 is 14.3 Å². The zero-order valence-corrected chi connectivity index (χ0v) is 9.82. The Bertz CT molecular complexity index is 103. The molecule has 0 unspecified atom stereocenters. The predicted octanol–water partition coefficient (Wildman–Crippen LogP) is 2.53. The Morgan fingerprint density at radius 1 is 1.15 bits per heavy atom. The highest BCUT2D eigenvalue weighted by Crippen LogP contribution is 2.24. The smallest absolute Gasteiger partial charge is 0.327 e. The van der Waals surface area contributed by atoms with Crippen molar-refractivity contribution in [1.29, 1.82) is 0 Å². The van der Waals surface area contributed by atoms with Gasteiger partial charge in [-0.25, -0.2) is 0 Å². The molecule has 0 aliphatic rings. The first kappa shape index (κ1) is 13.7. The summed E-state index contributed by atoms with van der Waals surface area (Å²) in [5.74, 6) is 2.00. The van der Waals surface area contributed by atoms with Crippen LogP contribution in [0.15, 0.2) is 0 Å². The van der Waals surface area contributed by atoms with Gasteiger partial charge in [0.1, 0.15) is 0 Å². The lowest BCUT2D eigenvalue weighted by molar-refractivity contribution is 0.271. The Balaban J connectivity index is 2.84. The van der Waals surface area contributed by atoms with Gasteiger partial charge in [-0.1, -0.05) is 26.2 Å². The molecule has 0 radical (unpaired) electrons. The number of thioether (sulfide) groups is 1. The van der Waals surface area contributed by atoms with E-state index in [4.69, 9.17) is 9.79 Å². The van der Waals surface area contributed by atoms with Crippen LogP contribution in [0.5, 0.6) is 0 Å². The van der Waals surface area contributed by atoms with Gasteiger partial charge in [0.2, 0.25) is 0 Å². The lowest BCUT2D eigenvalue weighted by Gasteiger charge is -2.03. The van der Waals surface area contributed by atoms with Crippen molar-refractivity contribution in [2.45, 2.75) is 32.6 Å². The van der Waals surface area contributed by atoms with E-state index in [1.807, 2.05) is 11.8 Å². The van der Waals surface area contributed by atoms with E-state index in [0.29, 0.717) is 6.61 Å². The third kappa shape index (κ3) is 12.7. The van der Waals surface area contributed by atoms with Crippen LogP contribution < -0.4 is 0 Å². The van der Waals surface area contributed by atoms with Gasteiger partial charge in [0.15, 0.2) is 0 Å². The minimum Gasteiger partial charge on any atom is -0.328 e. The molecule has 0 amide bonds. The Kier molecular flexibility index (Phi) is 11.3. The summed E-state index contributed by atoms with van der Waals surface area (Å²) in [5.41, 5.74) is 0. The fraction of sp³-hybridized carbons (Fsp3) is 1.00. The SMILES string of the molecule is CCCCCCSCCOP(O)O. The second-order valence-corrected chi connectivity index (χ2v) is 4.75. The second-order valence-electron chi connectivity index (χ2n) is 2.76. The molecule has 2 N–H and O–H groups in total. The number of hydrogen-bond donors (Lipinski definition) is 2. The molecule has 13 heavy (non-hydrogen) atoms. The second kappa shape index (κ2) is 10.7. The highest BCUT2D eigenvalue weighted by atomic mass is 32.2. The van der Waals surface area contributed by atoms with Crippen LogP contribution in [-0.2, 0) is 4.52 Å². The topological polar surface area (TPSA) is 49.7 Å². The van der Waals surface area contributed by atoms with E-state index in [-0.39, 0.29) is 0 Å². The molecular weight excluding hydrogens is 207 g/mol. The van der Waals surface area contributed by atoms with Crippen LogP contribution >= 0.6 is 20.4 Å². The van der Waals surface area contributed by atoms with Crippen molar-refractivity contribution in [2.24, 2.45) is 0 Å². The Morgan fingerprint density at radius 2 is 1.92 bits per heavy atom. The molecule has 80 valence electrons. The van der Waals surface area contributed by atoms with Gasteiger partial charge in [0.25, 0.3) is 0 Å². The molecule has 0 aromatic carbocycles. The first-order chi connectivity index (χ1) is 6.27. The Labute approximate surface area is 85.9 Å². The van der Waals surface area contributed by atoms with E-state index < -0.39 is 8.60 Å². The summed E-state index contributed by atoms with van der Waals surface area (Å²) in [5, 5.41) is 0. The standard InChI is InChI=1S/C8H19O3PS/c1-2-3-4-5-7-13-8-6-11-12(9)10/h9-10H,2-8H2,1H3. The van der Waals surface area contributed by atoms with Gasteiger partial charge in [-0.3, -0.25) is 0 Å². The van der Waals surface area contributed by atoms with Crippen molar-refractivity contribution in [3.05, 3.63) is 0 Å². The minimum atomic E-state index is -2.14. The molecule has 0 aliphatic carbocycles. The number of unbranched alkanes of at least 4 members (excludes halogenated alkanes) is 3. The van der Waals surface area contributed by atoms with Gasteiger partial charge < -0.3 is 14.3 Å². The van der Waals surface area contributed by atoms with Crippen molar-refractivity contribution in [3.8, 4) is 0 Å². The van der Waals surface area contributed by atoms with Crippen LogP contribution in [0.2, 0.25) is 0 Å². The van der Waals surface area contributed by atoms with Crippen molar-refractivity contribution in [2.75, 3.05) is 18.1 Å². The molecule has 0 fully saturated rings. The first-order valence-electron chi connectivity index (χ1n) is 4.66. The molecule has 0 saturated heterocycles. The average Bonchev–Trinajstić information content (AvgIpc) is 2.09. The Morgan fingerprint density at radius 3 is 2.54 bits per heavy atom. The molecule has 0 saturated carbocycles. The molecule has 5 heteroatoms. The van der Waals surface area contributed by atoms with Crippen LogP contribution in [-0.4, -0.2) is 27.9 Å². The minimum absolute atomic E-state index is 0.442. The highest BCUT2D eigenvalue weighted by molar-refractivity contribution is 7.99. The summed E-state index contributed by atoms with van der Waals surface area (Å²) in [6.45, 7) is 2.64. The summed E-state index contributed by atoms with van der Waals surface area (Å²) < 4.78 is 4.62. The van der Waals surface area contributed by atoms with E-state index in [2.05, 4.69) is 11.4 Å². The molecule has 0 heterocycles. The molecule has 0 bridgehead atoms. The van der Waals surface area contributed by atoms with Crippen molar-refractivity contribution in [3.63, 3.8) is 0 Å². The maximum absolute atomic E-state index is 8.41. The molecule has 0 spiro atoms. The maximum Gasteiger partial charge on any atom is 0.327 e. The van der Waals surface area contributed by atoms with Gasteiger partial charge in [-0.15, -0.1) is 0 Å². The zero-order valence-electron chi connectivity index (χ0n) is 8.11. The predicted molar refractivity (Wildman–Crippen MR) is 58.8 cm³/mol. The lowest BCUT2D eigenvalue weighted by atomic mass is 10.2. The Hall–Kier alpha value is 0.660. The summed E-state index contributed by atoms with van der Waals surface area (Å²) in [4.78, 5) is 16.8. The highest BCUT2D eigenvalue weighted by Gasteiger charge is 1.97. The third-order valence-electron chi connectivity index (χ3n) is 1.58. The van der Waals surface area contributed by atoms with Gasteiger partial charge in [-0.2, -0.15) is 11.8 Å². The zero-order chi connectivity index (χ0) is 9.94.